The molecule has 0 bridgehead atoms. The van der Waals surface area contributed by atoms with Crippen LogP contribution in [0.5, 0.6) is 11.5 Å². The molecular weight excluding hydrogens is 655 g/mol. The van der Waals surface area contributed by atoms with Crippen molar-refractivity contribution < 1.29 is 43.0 Å². The van der Waals surface area contributed by atoms with Crippen molar-refractivity contribution in [2.24, 2.45) is 10.8 Å². The number of rotatable bonds is 12. The van der Waals surface area contributed by atoms with Crippen LogP contribution in [-0.2, 0) is 33.5 Å². The second-order valence-electron chi connectivity index (χ2n) is 11.3. The monoisotopic (exact) mass is 696 g/mol. The Labute approximate surface area is 269 Å². The van der Waals surface area contributed by atoms with Gasteiger partial charge in [0.1, 0.15) is 15.8 Å². The first-order valence-corrected chi connectivity index (χ1v) is 16.0. The van der Waals surface area contributed by atoms with Gasteiger partial charge in [0.15, 0.2) is 0 Å². The molecule has 0 saturated carbocycles. The molecule has 2 aromatic carbocycles. The highest BCUT2D eigenvalue weighted by Gasteiger charge is 2.43. The molecule has 0 spiro atoms. The van der Waals surface area contributed by atoms with E-state index in [4.69, 9.17) is 19.0 Å². The van der Waals surface area contributed by atoms with E-state index in [0.29, 0.717) is 29.3 Å². The molecule has 0 aliphatic rings. The Kier molecular flexibility index (Phi) is 15.1. The highest BCUT2D eigenvalue weighted by molar-refractivity contribution is 9.10. The Morgan fingerprint density at radius 2 is 1.14 bits per heavy atom. The van der Waals surface area contributed by atoms with Gasteiger partial charge in [-0.2, -0.15) is 4.67 Å². The van der Waals surface area contributed by atoms with E-state index < -0.39 is 27.1 Å². The first kappa shape index (κ1) is 38.7. The third kappa shape index (κ3) is 13.5. The van der Waals surface area contributed by atoms with Crippen LogP contribution in [0.1, 0.15) is 68.2 Å². The van der Waals surface area contributed by atoms with Gasteiger partial charge in [-0.15, -0.1) is 0 Å². The Balaban J connectivity index is 0.000000488. The van der Waals surface area contributed by atoms with E-state index in [1.54, 1.807) is 89.8 Å². The highest BCUT2D eigenvalue weighted by Crippen LogP contribution is 2.39. The van der Waals surface area contributed by atoms with E-state index in [9.17, 15) is 24.0 Å². The Morgan fingerprint density at radius 3 is 1.48 bits per heavy atom. The van der Waals surface area contributed by atoms with E-state index in [1.807, 2.05) is 6.92 Å². The molecule has 0 fully saturated rings. The molecule has 2 unspecified atom stereocenters. The summed E-state index contributed by atoms with van der Waals surface area (Å²) in [5.74, 6) is -0.851. The minimum Gasteiger partial charge on any atom is -0.426 e. The van der Waals surface area contributed by atoms with Crippen molar-refractivity contribution in [1.29, 1.82) is 0 Å². The van der Waals surface area contributed by atoms with Gasteiger partial charge < -0.3 is 20.1 Å². The standard InChI is InChI=1S/C19H28NO6P.C12H14BrNO3/c1-7-19(5,17(23)25-26-27-6)12-18(3,4)16(22)24-15-10-8-14(9-11-15)20-13(2)21;1-8(15)14-9-4-6-10(7-5-9)17-11(16)12(2,3)13/h8-11,27H,7,12H2,1-6H3,(H,20,21);4-7H,1-3H3,(H,14,15). The first-order valence-electron chi connectivity index (χ1n) is 13.8. The smallest absolute Gasteiger partial charge is 0.348 e. The summed E-state index contributed by atoms with van der Waals surface area (Å²) in [6.45, 7) is 15.1. The van der Waals surface area contributed by atoms with Gasteiger partial charge >= 0.3 is 17.9 Å². The van der Waals surface area contributed by atoms with Gasteiger partial charge in [0, 0.05) is 25.2 Å². The largest absolute Gasteiger partial charge is 0.426 e. The van der Waals surface area contributed by atoms with Gasteiger partial charge in [0.25, 0.3) is 0 Å². The van der Waals surface area contributed by atoms with Crippen molar-refractivity contribution in [3.8, 4) is 11.5 Å². The molecular formula is C31H42BrN2O9P. The van der Waals surface area contributed by atoms with Gasteiger partial charge in [-0.05, 0) is 103 Å². The maximum Gasteiger partial charge on any atom is 0.348 e. The molecule has 0 aliphatic heterocycles. The van der Waals surface area contributed by atoms with Crippen LogP contribution < -0.4 is 20.1 Å². The normalized spacial score (nSPS) is 12.7. The number of hydrogen-bond donors (Lipinski definition) is 2. The van der Waals surface area contributed by atoms with Crippen molar-refractivity contribution in [3.63, 3.8) is 0 Å². The topological polar surface area (TPSA) is 146 Å². The average Bonchev–Trinajstić information content (AvgIpc) is 2.92. The predicted molar refractivity (Wildman–Crippen MR) is 174 cm³/mol. The SMILES string of the molecule is CC(=O)Nc1ccc(OC(=O)C(C)(C)Br)cc1.CCC(C)(CC(C)(C)C(=O)Oc1ccc(NC(C)=O)cc1)C(=O)OOPC. The molecule has 2 rings (SSSR count). The third-order valence-corrected chi connectivity index (χ3v) is 6.69. The van der Waals surface area contributed by atoms with Crippen molar-refractivity contribution in [1.82, 2.24) is 0 Å². The fourth-order valence-electron chi connectivity index (χ4n) is 3.66. The molecule has 0 radical (unpaired) electrons. The molecule has 2 N–H and O–H groups in total. The summed E-state index contributed by atoms with van der Waals surface area (Å²) in [5, 5.41) is 5.27. The summed E-state index contributed by atoms with van der Waals surface area (Å²) in [5.41, 5.74) is -0.527. The maximum atomic E-state index is 12.7. The van der Waals surface area contributed by atoms with Gasteiger partial charge in [-0.3, -0.25) is 24.1 Å². The minimum atomic E-state index is -0.922. The number of nitrogens with one attached hydrogen (secondary N) is 2. The maximum absolute atomic E-state index is 12.7. The number of hydrogen-bond acceptors (Lipinski definition) is 9. The molecule has 44 heavy (non-hydrogen) atoms. The number of benzene rings is 2. The number of halogens is 1. The Bertz CT molecular complexity index is 1290. The van der Waals surface area contributed by atoms with Crippen LogP contribution in [0.2, 0.25) is 0 Å². The number of esters is 2. The Morgan fingerprint density at radius 1 is 0.727 bits per heavy atom. The number of anilines is 2. The van der Waals surface area contributed by atoms with Crippen LogP contribution in [0, 0.1) is 10.8 Å². The second-order valence-corrected chi connectivity index (χ2v) is 13.9. The summed E-state index contributed by atoms with van der Waals surface area (Å²) in [6, 6.07) is 13.1. The average molecular weight is 698 g/mol. The molecule has 0 aliphatic carbocycles. The lowest BCUT2D eigenvalue weighted by Gasteiger charge is -2.32. The second kappa shape index (κ2) is 17.2. The lowest BCUT2D eigenvalue weighted by Crippen LogP contribution is -2.39. The predicted octanol–water partition coefficient (Wildman–Crippen LogP) is 6.81. The summed E-state index contributed by atoms with van der Waals surface area (Å²) >= 11 is 3.22. The van der Waals surface area contributed by atoms with Crippen LogP contribution in [0.25, 0.3) is 0 Å². The van der Waals surface area contributed by atoms with Crippen LogP contribution in [0.4, 0.5) is 11.4 Å². The lowest BCUT2D eigenvalue weighted by atomic mass is 9.72. The fourth-order valence-corrected chi connectivity index (χ4v) is 3.90. The number of carbonyl (C=O) groups is 5. The number of carbonyl (C=O) groups excluding carboxylic acids is 5. The van der Waals surface area contributed by atoms with Gasteiger partial charge in [0.05, 0.1) is 19.6 Å². The summed E-state index contributed by atoms with van der Waals surface area (Å²) in [7, 11) is 0.0317. The van der Waals surface area contributed by atoms with Crippen LogP contribution in [0.3, 0.4) is 0 Å². The van der Waals surface area contributed by atoms with Gasteiger partial charge in [-0.25, -0.2) is 4.79 Å². The Hall–Kier alpha value is -3.34. The first-order chi connectivity index (χ1) is 20.3. The molecule has 242 valence electrons. The number of amides is 2. The van der Waals surface area contributed by atoms with Crippen molar-refractivity contribution >= 4 is 65.8 Å². The van der Waals surface area contributed by atoms with E-state index >= 15 is 0 Å². The number of alkyl halides is 1. The summed E-state index contributed by atoms with van der Waals surface area (Å²) in [6.07, 6.45) is 0.735. The van der Waals surface area contributed by atoms with Gasteiger partial charge in [0.2, 0.25) is 11.8 Å². The van der Waals surface area contributed by atoms with E-state index in [2.05, 4.69) is 26.6 Å². The molecule has 13 heteroatoms. The lowest BCUT2D eigenvalue weighted by molar-refractivity contribution is -0.221. The van der Waals surface area contributed by atoms with Crippen LogP contribution >= 0.6 is 24.7 Å². The van der Waals surface area contributed by atoms with Crippen molar-refractivity contribution in [3.05, 3.63) is 48.5 Å². The zero-order chi connectivity index (χ0) is 33.7. The zero-order valence-electron chi connectivity index (χ0n) is 26.6. The highest BCUT2D eigenvalue weighted by atomic mass is 79.9. The quantitative estimate of drug-likeness (QED) is 0.0610. The molecule has 11 nitrogen and oxygen atoms in total. The van der Waals surface area contributed by atoms with Crippen LogP contribution in [-0.4, -0.2) is 40.7 Å². The van der Waals surface area contributed by atoms with E-state index in [1.165, 1.54) is 13.8 Å². The van der Waals surface area contributed by atoms with Crippen LogP contribution in [0.15, 0.2) is 48.5 Å². The zero-order valence-corrected chi connectivity index (χ0v) is 29.2. The fraction of sp³-hybridized carbons (Fsp3) is 0.452. The molecule has 0 heterocycles. The van der Waals surface area contributed by atoms with Crippen molar-refractivity contribution in [2.75, 3.05) is 17.3 Å². The molecule has 2 atom stereocenters. The molecule has 0 aromatic heterocycles. The van der Waals surface area contributed by atoms with E-state index in [0.717, 1.165) is 0 Å². The molecule has 2 aromatic rings. The molecule has 2 amide bonds. The van der Waals surface area contributed by atoms with Crippen molar-refractivity contribution in [2.45, 2.75) is 72.6 Å². The summed E-state index contributed by atoms with van der Waals surface area (Å²) < 4.78 is 14.7. The third-order valence-electron chi connectivity index (χ3n) is 6.11. The van der Waals surface area contributed by atoms with Gasteiger partial charge in [-0.1, -0.05) is 22.9 Å². The number of ether oxygens (including phenoxy) is 2. The minimum absolute atomic E-state index is 0.0317. The van der Waals surface area contributed by atoms with E-state index in [-0.39, 0.29) is 33.0 Å². The summed E-state index contributed by atoms with van der Waals surface area (Å²) in [4.78, 5) is 63.2. The molecule has 0 saturated heterocycles.